The first-order valence-electron chi connectivity index (χ1n) is 5.15. The standard InChI is InChI=1S/C13H11BrN2O/c1-9-3-2-4-10(7-9)13(17)16-12-6-5-11(14)8-15-12/h2-8H,1H3,(H,15,16,17). The van der Waals surface area contributed by atoms with Crippen LogP contribution in [-0.4, -0.2) is 10.9 Å². The molecular weight excluding hydrogens is 280 g/mol. The predicted molar refractivity (Wildman–Crippen MR) is 71.1 cm³/mol. The molecule has 0 spiro atoms. The Balaban J connectivity index is 2.14. The number of hydrogen-bond acceptors (Lipinski definition) is 2. The fraction of sp³-hybridized carbons (Fsp3) is 0.0769. The topological polar surface area (TPSA) is 42.0 Å². The Morgan fingerprint density at radius 3 is 2.76 bits per heavy atom. The quantitative estimate of drug-likeness (QED) is 0.921. The molecule has 86 valence electrons. The number of aromatic nitrogens is 1. The maximum absolute atomic E-state index is 11.9. The SMILES string of the molecule is Cc1cccc(C(=O)Nc2ccc(Br)cn2)c1. The molecule has 0 aliphatic heterocycles. The zero-order chi connectivity index (χ0) is 12.3. The maximum Gasteiger partial charge on any atom is 0.256 e. The highest BCUT2D eigenvalue weighted by Gasteiger charge is 2.06. The number of aryl methyl sites for hydroxylation is 1. The normalized spacial score (nSPS) is 10.0. The van der Waals surface area contributed by atoms with Gasteiger partial charge in [-0.25, -0.2) is 4.98 Å². The van der Waals surface area contributed by atoms with Gasteiger partial charge in [0.15, 0.2) is 0 Å². The molecule has 0 aliphatic rings. The molecule has 3 nitrogen and oxygen atoms in total. The molecule has 1 aromatic carbocycles. The van der Waals surface area contributed by atoms with Gasteiger partial charge in [-0.05, 0) is 47.1 Å². The Morgan fingerprint density at radius 2 is 2.12 bits per heavy atom. The summed E-state index contributed by atoms with van der Waals surface area (Å²) in [4.78, 5) is 16.0. The highest BCUT2D eigenvalue weighted by atomic mass is 79.9. The minimum atomic E-state index is -0.150. The molecule has 0 atom stereocenters. The fourth-order valence-corrected chi connectivity index (χ4v) is 1.66. The van der Waals surface area contributed by atoms with E-state index in [0.29, 0.717) is 11.4 Å². The number of nitrogens with zero attached hydrogens (tertiary/aromatic N) is 1. The number of carbonyl (C=O) groups excluding carboxylic acids is 1. The van der Waals surface area contributed by atoms with Crippen molar-refractivity contribution in [2.24, 2.45) is 0 Å². The first-order chi connectivity index (χ1) is 8.15. The third kappa shape index (κ3) is 3.14. The van der Waals surface area contributed by atoms with Crippen LogP contribution < -0.4 is 5.32 Å². The van der Waals surface area contributed by atoms with Crippen LogP contribution in [0.1, 0.15) is 15.9 Å². The molecule has 2 aromatic rings. The smallest absolute Gasteiger partial charge is 0.256 e. The number of pyridine rings is 1. The average molecular weight is 291 g/mol. The molecule has 0 unspecified atom stereocenters. The van der Waals surface area contributed by atoms with Crippen molar-refractivity contribution in [3.05, 3.63) is 58.2 Å². The van der Waals surface area contributed by atoms with Crippen LogP contribution in [0.2, 0.25) is 0 Å². The summed E-state index contributed by atoms with van der Waals surface area (Å²) >= 11 is 3.29. The number of nitrogens with one attached hydrogen (secondary N) is 1. The molecule has 0 fully saturated rings. The molecule has 1 aromatic heterocycles. The van der Waals surface area contributed by atoms with Gasteiger partial charge in [-0.15, -0.1) is 0 Å². The summed E-state index contributed by atoms with van der Waals surface area (Å²) in [6.07, 6.45) is 1.64. The first kappa shape index (κ1) is 11.8. The number of carbonyl (C=O) groups is 1. The molecule has 17 heavy (non-hydrogen) atoms. The molecule has 0 saturated carbocycles. The second kappa shape index (κ2) is 5.10. The summed E-state index contributed by atoms with van der Waals surface area (Å²) in [6, 6.07) is 11.0. The summed E-state index contributed by atoms with van der Waals surface area (Å²) in [5.74, 6) is 0.392. The van der Waals surface area contributed by atoms with Gasteiger partial charge in [-0.2, -0.15) is 0 Å². The molecule has 1 amide bonds. The highest BCUT2D eigenvalue weighted by molar-refractivity contribution is 9.10. The van der Waals surface area contributed by atoms with Crippen LogP contribution in [0.25, 0.3) is 0 Å². The van der Waals surface area contributed by atoms with E-state index in [1.165, 1.54) is 0 Å². The van der Waals surface area contributed by atoms with Crippen molar-refractivity contribution in [1.82, 2.24) is 4.98 Å². The van der Waals surface area contributed by atoms with E-state index in [1.807, 2.05) is 31.2 Å². The largest absolute Gasteiger partial charge is 0.307 e. The minimum absolute atomic E-state index is 0.150. The third-order valence-electron chi connectivity index (χ3n) is 2.25. The van der Waals surface area contributed by atoms with Crippen LogP contribution in [0.3, 0.4) is 0 Å². The van der Waals surface area contributed by atoms with Crippen molar-refractivity contribution in [2.75, 3.05) is 5.32 Å². The number of halogens is 1. The van der Waals surface area contributed by atoms with Crippen molar-refractivity contribution in [3.8, 4) is 0 Å². The second-order valence-corrected chi connectivity index (χ2v) is 4.60. The zero-order valence-electron chi connectivity index (χ0n) is 9.27. The summed E-state index contributed by atoms with van der Waals surface area (Å²) < 4.78 is 0.881. The number of anilines is 1. The van der Waals surface area contributed by atoms with Crippen molar-refractivity contribution >= 4 is 27.7 Å². The van der Waals surface area contributed by atoms with E-state index in [9.17, 15) is 4.79 Å². The van der Waals surface area contributed by atoms with E-state index in [4.69, 9.17) is 0 Å². The maximum atomic E-state index is 11.9. The van der Waals surface area contributed by atoms with Gasteiger partial charge in [-0.1, -0.05) is 17.7 Å². The van der Waals surface area contributed by atoms with Crippen LogP contribution in [0, 0.1) is 6.92 Å². The first-order valence-corrected chi connectivity index (χ1v) is 5.94. The van der Waals surface area contributed by atoms with Gasteiger partial charge >= 0.3 is 0 Å². The molecule has 0 radical (unpaired) electrons. The molecule has 1 N–H and O–H groups in total. The lowest BCUT2D eigenvalue weighted by atomic mass is 10.1. The van der Waals surface area contributed by atoms with E-state index in [-0.39, 0.29) is 5.91 Å². The van der Waals surface area contributed by atoms with Gasteiger partial charge in [-0.3, -0.25) is 4.79 Å². The molecule has 4 heteroatoms. The van der Waals surface area contributed by atoms with Gasteiger partial charge in [0, 0.05) is 16.2 Å². The molecule has 0 saturated heterocycles. The number of amides is 1. The van der Waals surface area contributed by atoms with Gasteiger partial charge in [0.05, 0.1) is 0 Å². The minimum Gasteiger partial charge on any atom is -0.307 e. The fourth-order valence-electron chi connectivity index (χ4n) is 1.42. The Labute approximate surface area is 108 Å². The number of hydrogen-bond donors (Lipinski definition) is 1. The van der Waals surface area contributed by atoms with E-state index in [2.05, 4.69) is 26.2 Å². The molecule has 0 aliphatic carbocycles. The number of benzene rings is 1. The highest BCUT2D eigenvalue weighted by Crippen LogP contribution is 2.12. The Hall–Kier alpha value is -1.68. The van der Waals surface area contributed by atoms with Crippen molar-refractivity contribution in [1.29, 1.82) is 0 Å². The Bertz CT molecular complexity index is 537. The molecule has 1 heterocycles. The van der Waals surface area contributed by atoms with Crippen molar-refractivity contribution in [2.45, 2.75) is 6.92 Å². The Morgan fingerprint density at radius 1 is 1.29 bits per heavy atom. The average Bonchev–Trinajstić information content (AvgIpc) is 2.32. The van der Waals surface area contributed by atoms with Crippen molar-refractivity contribution < 1.29 is 4.79 Å². The van der Waals surface area contributed by atoms with Gasteiger partial charge in [0.2, 0.25) is 0 Å². The summed E-state index contributed by atoms with van der Waals surface area (Å²) in [5, 5.41) is 2.74. The lowest BCUT2D eigenvalue weighted by Gasteiger charge is -2.04. The van der Waals surface area contributed by atoms with Crippen LogP contribution in [0.4, 0.5) is 5.82 Å². The van der Waals surface area contributed by atoms with Gasteiger partial charge in [0.1, 0.15) is 5.82 Å². The lowest BCUT2D eigenvalue weighted by Crippen LogP contribution is -2.12. The second-order valence-electron chi connectivity index (χ2n) is 3.69. The van der Waals surface area contributed by atoms with Crippen LogP contribution >= 0.6 is 15.9 Å². The van der Waals surface area contributed by atoms with E-state index < -0.39 is 0 Å². The Kier molecular flexibility index (Phi) is 3.54. The van der Waals surface area contributed by atoms with Crippen LogP contribution in [0.15, 0.2) is 47.1 Å². The zero-order valence-corrected chi connectivity index (χ0v) is 10.9. The summed E-state index contributed by atoms with van der Waals surface area (Å²) in [7, 11) is 0. The predicted octanol–water partition coefficient (Wildman–Crippen LogP) is 3.40. The van der Waals surface area contributed by atoms with Crippen LogP contribution in [0.5, 0.6) is 0 Å². The van der Waals surface area contributed by atoms with Crippen molar-refractivity contribution in [3.63, 3.8) is 0 Å². The van der Waals surface area contributed by atoms with E-state index in [1.54, 1.807) is 18.3 Å². The summed E-state index contributed by atoms with van der Waals surface area (Å²) in [6.45, 7) is 1.95. The molecule has 0 bridgehead atoms. The van der Waals surface area contributed by atoms with E-state index >= 15 is 0 Å². The summed E-state index contributed by atoms with van der Waals surface area (Å²) in [5.41, 5.74) is 1.69. The lowest BCUT2D eigenvalue weighted by molar-refractivity contribution is 0.102. The third-order valence-corrected chi connectivity index (χ3v) is 2.72. The van der Waals surface area contributed by atoms with Crippen LogP contribution in [-0.2, 0) is 0 Å². The molecular formula is C13H11BrN2O. The van der Waals surface area contributed by atoms with Gasteiger partial charge < -0.3 is 5.32 Å². The molecule has 2 rings (SSSR count). The number of rotatable bonds is 2. The van der Waals surface area contributed by atoms with Gasteiger partial charge in [0.25, 0.3) is 5.91 Å². The monoisotopic (exact) mass is 290 g/mol. The van der Waals surface area contributed by atoms with E-state index in [0.717, 1.165) is 10.0 Å².